The zero-order chi connectivity index (χ0) is 14.0. The molecule has 6 nitrogen and oxygen atoms in total. The minimum Gasteiger partial charge on any atom is -0.481 e. The average molecular weight is 269 g/mol. The molecule has 1 aliphatic carbocycles. The average Bonchev–Trinajstić information content (AvgIpc) is 2.73. The summed E-state index contributed by atoms with van der Waals surface area (Å²) in [5, 5.41) is 12.3. The van der Waals surface area contributed by atoms with Crippen molar-refractivity contribution in [2.24, 2.45) is 5.41 Å². The van der Waals surface area contributed by atoms with E-state index in [-0.39, 0.29) is 12.1 Å². The number of nitrogens with zero attached hydrogens (tertiary/aromatic N) is 2. The highest BCUT2D eigenvalue weighted by molar-refractivity contribution is 5.79. The Morgan fingerprint density at radius 2 is 1.89 bits per heavy atom. The second kappa shape index (κ2) is 5.36. The molecule has 2 unspecified atom stereocenters. The molecule has 1 saturated carbocycles. The van der Waals surface area contributed by atoms with Gasteiger partial charge < -0.3 is 20.2 Å². The van der Waals surface area contributed by atoms with Gasteiger partial charge in [-0.25, -0.2) is 4.79 Å². The smallest absolute Gasteiger partial charge is 0.317 e. The number of rotatable bonds is 2. The molecule has 0 aromatic carbocycles. The fourth-order valence-electron chi connectivity index (χ4n) is 2.90. The van der Waals surface area contributed by atoms with Crippen molar-refractivity contribution in [3.63, 3.8) is 0 Å². The fraction of sp³-hybridized carbons (Fsp3) is 0.846. The maximum atomic E-state index is 12.2. The molecule has 0 bridgehead atoms. The van der Waals surface area contributed by atoms with Gasteiger partial charge in [0.05, 0.1) is 5.41 Å². The van der Waals surface area contributed by atoms with E-state index in [4.69, 9.17) is 0 Å². The van der Waals surface area contributed by atoms with Crippen molar-refractivity contribution in [1.82, 2.24) is 15.1 Å². The summed E-state index contributed by atoms with van der Waals surface area (Å²) >= 11 is 0. The first-order chi connectivity index (χ1) is 8.93. The predicted octanol–water partition coefficient (Wildman–Crippen LogP) is 0.587. The SMILES string of the molecule is CN1CCN(C(=O)NC2CCCC2(C)C(=O)O)CC1. The Morgan fingerprint density at radius 1 is 1.26 bits per heavy atom. The lowest BCUT2D eigenvalue weighted by Crippen LogP contribution is -2.55. The highest BCUT2D eigenvalue weighted by Gasteiger charge is 2.46. The van der Waals surface area contributed by atoms with E-state index in [0.29, 0.717) is 19.5 Å². The molecule has 0 spiro atoms. The number of likely N-dealkylation sites (N-methyl/N-ethyl adjacent to an activating group) is 1. The van der Waals surface area contributed by atoms with Gasteiger partial charge in [-0.1, -0.05) is 6.42 Å². The molecular weight excluding hydrogens is 246 g/mol. The number of carbonyl (C=O) groups is 2. The number of urea groups is 1. The first-order valence-corrected chi connectivity index (χ1v) is 6.91. The molecule has 1 aliphatic heterocycles. The summed E-state index contributed by atoms with van der Waals surface area (Å²) in [4.78, 5) is 27.5. The Balaban J connectivity index is 1.93. The number of carboxylic acid groups (broad SMARTS) is 1. The molecule has 2 N–H and O–H groups in total. The second-order valence-corrected chi connectivity index (χ2v) is 5.91. The van der Waals surface area contributed by atoms with E-state index in [1.165, 1.54) is 0 Å². The third-order valence-electron chi connectivity index (χ3n) is 4.53. The van der Waals surface area contributed by atoms with Crippen molar-refractivity contribution in [3.05, 3.63) is 0 Å². The van der Waals surface area contributed by atoms with E-state index in [9.17, 15) is 14.7 Å². The third-order valence-corrected chi connectivity index (χ3v) is 4.53. The maximum absolute atomic E-state index is 12.2. The maximum Gasteiger partial charge on any atom is 0.317 e. The lowest BCUT2D eigenvalue weighted by Gasteiger charge is -2.35. The summed E-state index contributed by atoms with van der Waals surface area (Å²) in [6.45, 7) is 4.89. The fourth-order valence-corrected chi connectivity index (χ4v) is 2.90. The Kier molecular flexibility index (Phi) is 3.99. The molecular formula is C13H23N3O3. The van der Waals surface area contributed by atoms with Crippen LogP contribution in [0.1, 0.15) is 26.2 Å². The summed E-state index contributed by atoms with van der Waals surface area (Å²) < 4.78 is 0. The van der Waals surface area contributed by atoms with Crippen LogP contribution in [0, 0.1) is 5.41 Å². The third kappa shape index (κ3) is 2.83. The van der Waals surface area contributed by atoms with Gasteiger partial charge in [0.1, 0.15) is 0 Å². The van der Waals surface area contributed by atoms with E-state index in [0.717, 1.165) is 25.9 Å². The molecule has 0 aromatic heterocycles. The molecule has 19 heavy (non-hydrogen) atoms. The van der Waals surface area contributed by atoms with Crippen molar-refractivity contribution in [1.29, 1.82) is 0 Å². The number of carboxylic acids is 1. The summed E-state index contributed by atoms with van der Waals surface area (Å²) in [6, 6.07) is -0.371. The highest BCUT2D eigenvalue weighted by atomic mass is 16.4. The Hall–Kier alpha value is -1.30. The van der Waals surface area contributed by atoms with Crippen molar-refractivity contribution in [3.8, 4) is 0 Å². The van der Waals surface area contributed by atoms with Gasteiger partial charge in [-0.3, -0.25) is 4.79 Å². The van der Waals surface area contributed by atoms with Crippen LogP contribution in [0.5, 0.6) is 0 Å². The van der Waals surface area contributed by atoms with Gasteiger partial charge in [-0.2, -0.15) is 0 Å². The van der Waals surface area contributed by atoms with Gasteiger partial charge >= 0.3 is 12.0 Å². The molecule has 108 valence electrons. The molecule has 2 amide bonds. The number of piperazine rings is 1. The zero-order valence-electron chi connectivity index (χ0n) is 11.7. The minimum atomic E-state index is -0.817. The first-order valence-electron chi connectivity index (χ1n) is 6.91. The van der Waals surface area contributed by atoms with Crippen LogP contribution in [0.25, 0.3) is 0 Å². The number of hydrogen-bond acceptors (Lipinski definition) is 3. The number of carbonyl (C=O) groups excluding carboxylic acids is 1. The number of amides is 2. The van der Waals surface area contributed by atoms with Gasteiger partial charge in [0, 0.05) is 32.2 Å². The molecule has 2 aliphatic rings. The standard InChI is InChI=1S/C13H23N3O3/c1-13(11(17)18)5-3-4-10(13)14-12(19)16-8-6-15(2)7-9-16/h10H,3-9H2,1-2H3,(H,14,19)(H,17,18). The molecule has 0 radical (unpaired) electrons. The number of aliphatic carboxylic acids is 1. The van der Waals surface area contributed by atoms with Gasteiger partial charge in [-0.15, -0.1) is 0 Å². The van der Waals surface area contributed by atoms with E-state index in [2.05, 4.69) is 10.2 Å². The number of nitrogens with one attached hydrogen (secondary N) is 1. The van der Waals surface area contributed by atoms with E-state index in [1.807, 2.05) is 7.05 Å². The van der Waals surface area contributed by atoms with Gasteiger partial charge in [-0.05, 0) is 26.8 Å². The molecule has 2 atom stereocenters. The van der Waals surface area contributed by atoms with Crippen molar-refractivity contribution in [2.75, 3.05) is 33.2 Å². The highest BCUT2D eigenvalue weighted by Crippen LogP contribution is 2.38. The lowest BCUT2D eigenvalue weighted by atomic mass is 9.85. The van der Waals surface area contributed by atoms with E-state index in [1.54, 1.807) is 11.8 Å². The molecule has 6 heteroatoms. The van der Waals surface area contributed by atoms with Crippen LogP contribution in [0.15, 0.2) is 0 Å². The van der Waals surface area contributed by atoms with Crippen LogP contribution in [-0.2, 0) is 4.79 Å². The van der Waals surface area contributed by atoms with Gasteiger partial charge in [0.25, 0.3) is 0 Å². The predicted molar refractivity (Wildman–Crippen MR) is 71.0 cm³/mol. The molecule has 1 saturated heterocycles. The summed E-state index contributed by atoms with van der Waals surface area (Å²) in [6.07, 6.45) is 2.24. The summed E-state index contributed by atoms with van der Waals surface area (Å²) in [7, 11) is 2.04. The van der Waals surface area contributed by atoms with Crippen molar-refractivity contribution < 1.29 is 14.7 Å². The Morgan fingerprint density at radius 3 is 2.47 bits per heavy atom. The quantitative estimate of drug-likeness (QED) is 0.769. The molecule has 2 fully saturated rings. The van der Waals surface area contributed by atoms with Crippen LogP contribution >= 0.6 is 0 Å². The molecule has 2 rings (SSSR count). The Bertz CT molecular complexity index is 366. The van der Waals surface area contributed by atoms with Crippen LogP contribution in [-0.4, -0.2) is 66.2 Å². The van der Waals surface area contributed by atoms with Crippen molar-refractivity contribution >= 4 is 12.0 Å². The van der Waals surface area contributed by atoms with Crippen LogP contribution in [0.4, 0.5) is 4.79 Å². The zero-order valence-corrected chi connectivity index (χ0v) is 11.7. The van der Waals surface area contributed by atoms with Crippen LogP contribution < -0.4 is 5.32 Å². The van der Waals surface area contributed by atoms with Crippen molar-refractivity contribution in [2.45, 2.75) is 32.2 Å². The first kappa shape index (κ1) is 14.1. The minimum absolute atomic E-state index is 0.118. The van der Waals surface area contributed by atoms with Gasteiger partial charge in [0.15, 0.2) is 0 Å². The second-order valence-electron chi connectivity index (χ2n) is 5.91. The number of hydrogen-bond donors (Lipinski definition) is 2. The monoisotopic (exact) mass is 269 g/mol. The van der Waals surface area contributed by atoms with Crippen LogP contribution in [0.2, 0.25) is 0 Å². The largest absolute Gasteiger partial charge is 0.481 e. The van der Waals surface area contributed by atoms with Crippen LogP contribution in [0.3, 0.4) is 0 Å². The van der Waals surface area contributed by atoms with E-state index < -0.39 is 11.4 Å². The molecule has 1 heterocycles. The summed E-state index contributed by atoms with van der Waals surface area (Å²) in [5.41, 5.74) is -0.817. The normalized spacial score (nSPS) is 32.3. The summed E-state index contributed by atoms with van der Waals surface area (Å²) in [5.74, 6) is -0.811. The topological polar surface area (TPSA) is 72.9 Å². The molecule has 0 aromatic rings. The van der Waals surface area contributed by atoms with Gasteiger partial charge in [0.2, 0.25) is 0 Å². The van der Waals surface area contributed by atoms with E-state index >= 15 is 0 Å². The lowest BCUT2D eigenvalue weighted by molar-refractivity contribution is -0.148. The Labute approximate surface area is 113 Å².